The summed E-state index contributed by atoms with van der Waals surface area (Å²) in [7, 11) is 1.86. The van der Waals surface area contributed by atoms with E-state index in [0.29, 0.717) is 0 Å². The predicted molar refractivity (Wildman–Crippen MR) is 100 cm³/mol. The lowest BCUT2D eigenvalue weighted by Gasteiger charge is -2.04. The Morgan fingerprint density at radius 3 is 2.46 bits per heavy atom. The highest BCUT2D eigenvalue weighted by Gasteiger charge is 2.13. The molecule has 0 spiro atoms. The highest BCUT2D eigenvalue weighted by atomic mass is 16.5. The van der Waals surface area contributed by atoms with Crippen LogP contribution in [0.3, 0.4) is 0 Å². The first-order valence-corrected chi connectivity index (χ1v) is 8.40. The number of carbonyl (C=O) groups is 1. The molecule has 26 heavy (non-hydrogen) atoms. The summed E-state index contributed by atoms with van der Waals surface area (Å²) in [5.74, 6) is 1.31. The van der Waals surface area contributed by atoms with Gasteiger partial charge in [-0.2, -0.15) is 5.10 Å². The van der Waals surface area contributed by atoms with Crippen LogP contribution >= 0.6 is 0 Å². The van der Waals surface area contributed by atoms with Crippen molar-refractivity contribution in [2.24, 2.45) is 7.05 Å². The Kier molecular flexibility index (Phi) is 4.54. The number of nitrogens with one attached hydrogen (secondary N) is 1. The SMILES string of the molecule is Cc1cc(-n2c(C)cc(/C=C/C(=O)Nc3c(C)nn(C)c3C)c2C)no1. The fourth-order valence-electron chi connectivity index (χ4n) is 3.05. The molecule has 1 N–H and O–H groups in total. The molecule has 0 saturated carbocycles. The third-order valence-corrected chi connectivity index (χ3v) is 4.49. The maximum atomic E-state index is 12.3. The van der Waals surface area contributed by atoms with Crippen molar-refractivity contribution in [2.45, 2.75) is 34.6 Å². The van der Waals surface area contributed by atoms with Crippen molar-refractivity contribution in [3.8, 4) is 5.82 Å². The monoisotopic (exact) mass is 353 g/mol. The minimum absolute atomic E-state index is 0.189. The summed E-state index contributed by atoms with van der Waals surface area (Å²) in [5, 5.41) is 11.3. The second kappa shape index (κ2) is 6.67. The van der Waals surface area contributed by atoms with Crippen molar-refractivity contribution in [3.05, 3.63) is 52.3 Å². The third-order valence-electron chi connectivity index (χ3n) is 4.49. The lowest BCUT2D eigenvalue weighted by Crippen LogP contribution is -2.09. The van der Waals surface area contributed by atoms with Gasteiger partial charge in [-0.05, 0) is 52.3 Å². The fourth-order valence-corrected chi connectivity index (χ4v) is 3.05. The Morgan fingerprint density at radius 2 is 1.88 bits per heavy atom. The van der Waals surface area contributed by atoms with Crippen molar-refractivity contribution in [1.82, 2.24) is 19.5 Å². The smallest absolute Gasteiger partial charge is 0.248 e. The van der Waals surface area contributed by atoms with Gasteiger partial charge in [-0.15, -0.1) is 0 Å². The molecule has 3 rings (SSSR count). The average Bonchev–Trinajstić information content (AvgIpc) is 3.18. The molecule has 0 fully saturated rings. The van der Waals surface area contributed by atoms with E-state index in [1.54, 1.807) is 4.68 Å². The molecule has 0 unspecified atom stereocenters. The Labute approximate surface area is 152 Å². The second-order valence-corrected chi connectivity index (χ2v) is 6.45. The van der Waals surface area contributed by atoms with Crippen molar-refractivity contribution in [2.75, 3.05) is 5.32 Å². The van der Waals surface area contributed by atoms with Crippen LogP contribution in [0.1, 0.15) is 34.1 Å². The molecule has 0 bridgehead atoms. The van der Waals surface area contributed by atoms with Gasteiger partial charge in [-0.25, -0.2) is 0 Å². The molecule has 0 radical (unpaired) electrons. The molecule has 7 nitrogen and oxygen atoms in total. The Balaban J connectivity index is 1.81. The summed E-state index contributed by atoms with van der Waals surface area (Å²) in [6.07, 6.45) is 3.34. The van der Waals surface area contributed by atoms with Crippen LogP contribution in [0.2, 0.25) is 0 Å². The largest absolute Gasteiger partial charge is 0.360 e. The number of amides is 1. The zero-order valence-electron chi connectivity index (χ0n) is 15.9. The molecule has 0 aliphatic heterocycles. The molecule has 3 heterocycles. The molecule has 7 heteroatoms. The van der Waals surface area contributed by atoms with Gasteiger partial charge in [-0.3, -0.25) is 14.0 Å². The van der Waals surface area contributed by atoms with Crippen molar-refractivity contribution < 1.29 is 9.32 Å². The van der Waals surface area contributed by atoms with Gasteiger partial charge in [0.1, 0.15) is 5.76 Å². The maximum Gasteiger partial charge on any atom is 0.248 e. The van der Waals surface area contributed by atoms with Crippen LogP contribution in [0.15, 0.2) is 22.7 Å². The number of hydrogen-bond donors (Lipinski definition) is 1. The molecule has 0 aliphatic rings. The Morgan fingerprint density at radius 1 is 1.15 bits per heavy atom. The van der Waals surface area contributed by atoms with E-state index in [2.05, 4.69) is 15.6 Å². The first kappa shape index (κ1) is 17.7. The molecule has 3 aromatic heterocycles. The molecule has 0 saturated heterocycles. The second-order valence-electron chi connectivity index (χ2n) is 6.45. The molecular weight excluding hydrogens is 330 g/mol. The van der Waals surface area contributed by atoms with Crippen LogP contribution < -0.4 is 5.32 Å². The van der Waals surface area contributed by atoms with E-state index < -0.39 is 0 Å². The highest BCUT2D eigenvalue weighted by molar-refractivity contribution is 6.02. The fraction of sp³-hybridized carbons (Fsp3) is 0.316. The van der Waals surface area contributed by atoms with Gasteiger partial charge in [0.2, 0.25) is 5.91 Å². The van der Waals surface area contributed by atoms with Crippen LogP contribution in [-0.2, 0) is 11.8 Å². The molecule has 0 atom stereocenters. The lowest BCUT2D eigenvalue weighted by atomic mass is 10.2. The molecular formula is C19H23N5O2. The van der Waals surface area contributed by atoms with Gasteiger partial charge in [0.15, 0.2) is 5.82 Å². The Bertz CT molecular complexity index is 1000. The quantitative estimate of drug-likeness (QED) is 0.729. The van der Waals surface area contributed by atoms with Crippen LogP contribution in [0.5, 0.6) is 0 Å². The van der Waals surface area contributed by atoms with E-state index in [0.717, 1.165) is 45.6 Å². The van der Waals surface area contributed by atoms with E-state index in [1.807, 2.05) is 64.4 Å². The zero-order valence-corrected chi connectivity index (χ0v) is 15.9. The lowest BCUT2D eigenvalue weighted by molar-refractivity contribution is -0.111. The number of anilines is 1. The number of carbonyl (C=O) groups excluding carboxylic acids is 1. The number of hydrogen-bond acceptors (Lipinski definition) is 4. The summed E-state index contributed by atoms with van der Waals surface area (Å²) in [5.41, 5.74) is 5.45. The minimum atomic E-state index is -0.189. The van der Waals surface area contributed by atoms with Gasteiger partial charge in [-0.1, -0.05) is 5.16 Å². The van der Waals surface area contributed by atoms with E-state index in [1.165, 1.54) is 6.08 Å². The minimum Gasteiger partial charge on any atom is -0.360 e. The van der Waals surface area contributed by atoms with Gasteiger partial charge in [0.25, 0.3) is 0 Å². The normalized spacial score (nSPS) is 11.5. The van der Waals surface area contributed by atoms with Crippen molar-refractivity contribution in [1.29, 1.82) is 0 Å². The molecule has 0 aromatic carbocycles. The summed E-state index contributed by atoms with van der Waals surface area (Å²) >= 11 is 0. The van der Waals surface area contributed by atoms with Crippen LogP contribution in [-0.4, -0.2) is 25.4 Å². The summed E-state index contributed by atoms with van der Waals surface area (Å²) in [6, 6.07) is 3.90. The van der Waals surface area contributed by atoms with Gasteiger partial charge < -0.3 is 9.84 Å². The third kappa shape index (κ3) is 3.20. The predicted octanol–water partition coefficient (Wildman–Crippen LogP) is 3.39. The molecule has 1 amide bonds. The van der Waals surface area contributed by atoms with Gasteiger partial charge in [0, 0.05) is 30.6 Å². The number of rotatable bonds is 4. The zero-order chi connectivity index (χ0) is 19.0. The number of nitrogens with zero attached hydrogens (tertiary/aromatic N) is 4. The van der Waals surface area contributed by atoms with Crippen LogP contribution in [0, 0.1) is 34.6 Å². The van der Waals surface area contributed by atoms with Crippen molar-refractivity contribution >= 4 is 17.7 Å². The van der Waals surface area contributed by atoms with Gasteiger partial charge >= 0.3 is 0 Å². The maximum absolute atomic E-state index is 12.3. The van der Waals surface area contributed by atoms with Crippen LogP contribution in [0.25, 0.3) is 11.9 Å². The standard InChI is InChI=1S/C19H23N5O2/c1-11-9-16(14(4)24(11)17-10-12(2)26-22-17)7-8-18(25)20-19-13(3)21-23(6)15(19)5/h7-10H,1-6H3,(H,20,25)/b8-7+. The first-order chi connectivity index (χ1) is 12.3. The van der Waals surface area contributed by atoms with E-state index in [-0.39, 0.29) is 5.91 Å². The Hall–Kier alpha value is -3.09. The molecule has 136 valence electrons. The summed E-state index contributed by atoms with van der Waals surface area (Å²) < 4.78 is 8.92. The van der Waals surface area contributed by atoms with Gasteiger partial charge in [0.05, 0.1) is 17.1 Å². The van der Waals surface area contributed by atoms with E-state index in [4.69, 9.17) is 4.52 Å². The highest BCUT2D eigenvalue weighted by Crippen LogP contribution is 2.22. The van der Waals surface area contributed by atoms with Crippen LogP contribution in [0.4, 0.5) is 5.69 Å². The average molecular weight is 353 g/mol. The molecule has 0 aliphatic carbocycles. The van der Waals surface area contributed by atoms with E-state index in [9.17, 15) is 4.79 Å². The number of aryl methyl sites for hydroxylation is 4. The summed E-state index contributed by atoms with van der Waals surface area (Å²) in [4.78, 5) is 12.3. The summed E-state index contributed by atoms with van der Waals surface area (Å²) in [6.45, 7) is 9.64. The number of aromatic nitrogens is 4. The topological polar surface area (TPSA) is 77.9 Å². The first-order valence-electron chi connectivity index (χ1n) is 8.40. The van der Waals surface area contributed by atoms with Crippen molar-refractivity contribution in [3.63, 3.8) is 0 Å². The molecule has 3 aromatic rings. The van der Waals surface area contributed by atoms with E-state index >= 15 is 0 Å².